The van der Waals surface area contributed by atoms with E-state index in [-0.39, 0.29) is 29.6 Å². The number of carbonyl (C=O) groups excluding carboxylic acids is 3. The van der Waals surface area contributed by atoms with Gasteiger partial charge in [-0.15, -0.1) is 11.8 Å². The van der Waals surface area contributed by atoms with Gasteiger partial charge in [0.05, 0.1) is 46.5 Å². The molecule has 0 aromatic heterocycles. The third kappa shape index (κ3) is 4.41. The van der Waals surface area contributed by atoms with Gasteiger partial charge in [-0.05, 0) is 37.3 Å². The fourth-order valence-corrected chi connectivity index (χ4v) is 8.52. The molecule has 198 valence electrons. The summed E-state index contributed by atoms with van der Waals surface area (Å²) >= 11 is 8.01. The molecule has 1 N–H and O–H groups in total. The first-order valence-corrected chi connectivity index (χ1v) is 14.2. The minimum atomic E-state index is -0.966. The van der Waals surface area contributed by atoms with Crippen LogP contribution in [-0.4, -0.2) is 69.6 Å². The number of carbonyl (C=O) groups is 3. The molecule has 0 saturated carbocycles. The summed E-state index contributed by atoms with van der Waals surface area (Å²) in [5.74, 6) is -2.20. The third-order valence-electron chi connectivity index (χ3n) is 7.78. The van der Waals surface area contributed by atoms with Gasteiger partial charge in [-0.25, -0.2) is 0 Å². The van der Waals surface area contributed by atoms with Crippen LogP contribution in [0.1, 0.15) is 33.1 Å². The van der Waals surface area contributed by atoms with E-state index in [1.807, 2.05) is 38.1 Å². The van der Waals surface area contributed by atoms with E-state index in [2.05, 4.69) is 6.08 Å². The zero-order chi connectivity index (χ0) is 26.3. The lowest BCUT2D eigenvalue weighted by molar-refractivity contribution is -0.153. The minimum Gasteiger partial charge on any atom is -0.465 e. The number of nitrogens with zero attached hydrogens (tertiary/aromatic N) is 2. The fourth-order valence-electron chi connectivity index (χ4n) is 6.29. The Morgan fingerprint density at radius 3 is 2.70 bits per heavy atom. The average Bonchev–Trinajstić information content (AvgIpc) is 3.28. The second-order valence-electron chi connectivity index (χ2n) is 10.6. The van der Waals surface area contributed by atoms with Crippen molar-refractivity contribution in [2.45, 2.75) is 55.2 Å². The highest BCUT2D eigenvalue weighted by Gasteiger charge is 2.71. The Hall–Kier alpha value is -2.29. The number of ether oxygens (including phenoxy) is 1. The molecule has 5 rings (SSSR count). The van der Waals surface area contributed by atoms with E-state index < -0.39 is 34.6 Å². The van der Waals surface area contributed by atoms with Crippen LogP contribution >= 0.6 is 23.4 Å². The summed E-state index contributed by atoms with van der Waals surface area (Å²) in [4.78, 5) is 45.3. The van der Waals surface area contributed by atoms with Crippen molar-refractivity contribution in [2.24, 2.45) is 17.8 Å². The van der Waals surface area contributed by atoms with Crippen LogP contribution in [0, 0.1) is 17.8 Å². The second-order valence-corrected chi connectivity index (χ2v) is 12.5. The minimum absolute atomic E-state index is 0.190. The van der Waals surface area contributed by atoms with E-state index in [1.54, 1.807) is 28.0 Å². The van der Waals surface area contributed by atoms with Crippen LogP contribution in [0.4, 0.5) is 5.69 Å². The molecule has 2 amide bonds. The van der Waals surface area contributed by atoms with Gasteiger partial charge in [0.2, 0.25) is 5.91 Å². The van der Waals surface area contributed by atoms with Gasteiger partial charge in [0.1, 0.15) is 6.04 Å². The van der Waals surface area contributed by atoms with E-state index in [0.717, 1.165) is 12.8 Å². The lowest BCUT2D eigenvalue weighted by Gasteiger charge is -2.39. The van der Waals surface area contributed by atoms with Crippen molar-refractivity contribution in [2.75, 3.05) is 24.7 Å². The Balaban J connectivity index is 1.66. The van der Waals surface area contributed by atoms with Crippen LogP contribution in [0.15, 0.2) is 48.6 Å². The Morgan fingerprint density at radius 1 is 1.19 bits per heavy atom. The number of anilines is 1. The van der Waals surface area contributed by atoms with Crippen molar-refractivity contribution in [3.05, 3.63) is 53.6 Å². The normalized spacial score (nSPS) is 33.2. The maximum Gasteiger partial charge on any atom is 0.311 e. The Bertz CT molecular complexity index is 1140. The van der Waals surface area contributed by atoms with Gasteiger partial charge < -0.3 is 19.6 Å². The molecule has 4 aliphatic heterocycles. The molecule has 2 saturated heterocycles. The molecular formula is C28H33ClN2O5S. The first-order chi connectivity index (χ1) is 17.8. The maximum absolute atomic E-state index is 14.5. The number of para-hydroxylation sites is 1. The maximum atomic E-state index is 14.5. The lowest BCUT2D eigenvalue weighted by Crippen LogP contribution is -2.57. The molecule has 2 fully saturated rings. The molecule has 37 heavy (non-hydrogen) atoms. The number of benzene rings is 1. The predicted molar refractivity (Wildman–Crippen MR) is 144 cm³/mol. The highest BCUT2D eigenvalue weighted by molar-refractivity contribution is 8.02. The summed E-state index contributed by atoms with van der Waals surface area (Å²) in [6.45, 7) is 4.38. The molecule has 1 aromatic rings. The molecule has 0 bridgehead atoms. The number of hydrogen-bond donors (Lipinski definition) is 1. The number of fused-ring (bicyclic) bond motifs is 2. The number of aliphatic hydroxyl groups excluding tert-OH is 1. The number of allylic oxidation sites excluding steroid dienone is 1. The Morgan fingerprint density at radius 2 is 1.97 bits per heavy atom. The number of halogens is 1. The average molecular weight is 545 g/mol. The van der Waals surface area contributed by atoms with Crippen LogP contribution in [-0.2, 0) is 19.1 Å². The third-order valence-corrected chi connectivity index (χ3v) is 9.84. The molecule has 4 aliphatic rings. The van der Waals surface area contributed by atoms with Crippen molar-refractivity contribution in [1.29, 1.82) is 0 Å². The fraction of sp³-hybridized carbons (Fsp3) is 0.536. The van der Waals surface area contributed by atoms with Crippen LogP contribution < -0.4 is 4.90 Å². The summed E-state index contributed by atoms with van der Waals surface area (Å²) in [5.41, 5.74) is 0.570. The monoisotopic (exact) mass is 544 g/mol. The summed E-state index contributed by atoms with van der Waals surface area (Å²) in [6.07, 6.45) is 9.99. The number of cyclic esters (lactones) is 1. The summed E-state index contributed by atoms with van der Waals surface area (Å²) in [6, 6.07) is 5.72. The molecule has 0 aliphatic carbocycles. The topological polar surface area (TPSA) is 87.2 Å². The van der Waals surface area contributed by atoms with E-state index in [4.69, 9.17) is 16.3 Å². The number of hydrogen-bond acceptors (Lipinski definition) is 6. The number of amides is 2. The number of thioether (sulfide) groups is 1. The van der Waals surface area contributed by atoms with Crippen LogP contribution in [0.25, 0.3) is 0 Å². The van der Waals surface area contributed by atoms with Crippen LogP contribution in [0.3, 0.4) is 0 Å². The van der Waals surface area contributed by atoms with Crippen molar-refractivity contribution < 1.29 is 24.2 Å². The molecule has 1 spiro atoms. The van der Waals surface area contributed by atoms with Gasteiger partial charge in [0.15, 0.2) is 0 Å². The molecule has 1 aromatic carbocycles. The van der Waals surface area contributed by atoms with Gasteiger partial charge in [-0.1, -0.05) is 61.9 Å². The van der Waals surface area contributed by atoms with Gasteiger partial charge in [-0.2, -0.15) is 0 Å². The second kappa shape index (κ2) is 10.5. The Kier molecular flexibility index (Phi) is 7.44. The van der Waals surface area contributed by atoms with Crippen molar-refractivity contribution >= 4 is 46.8 Å². The molecule has 9 heteroatoms. The molecule has 0 radical (unpaired) electrons. The smallest absolute Gasteiger partial charge is 0.311 e. The van der Waals surface area contributed by atoms with E-state index in [1.165, 1.54) is 11.8 Å². The summed E-state index contributed by atoms with van der Waals surface area (Å²) in [5, 5.41) is 10.6. The van der Waals surface area contributed by atoms with Crippen molar-refractivity contribution in [3.8, 4) is 0 Å². The van der Waals surface area contributed by atoms with Gasteiger partial charge >= 0.3 is 5.97 Å². The molecule has 7 nitrogen and oxygen atoms in total. The van der Waals surface area contributed by atoms with Gasteiger partial charge in [0, 0.05) is 11.8 Å². The zero-order valence-electron chi connectivity index (χ0n) is 21.1. The first kappa shape index (κ1) is 26.3. The standard InChI is InChI=1S/C28H33ClN2O5S/c1-17(2)15-18(16-32)31-24-26(34)30(20-10-6-5-9-19(20)29)13-8-12-28(24)23(25(31)33)22-21(37-28)11-4-3-7-14-36-27(22)35/h4-6,8-12,17-18,21-24,32H,3,7,13-16H2,1-2H3/b11-4-/t18-,21+,22-,23+,24?,28+/m1/s1. The van der Waals surface area contributed by atoms with E-state index >= 15 is 0 Å². The van der Waals surface area contributed by atoms with Gasteiger partial charge in [0.25, 0.3) is 5.91 Å². The van der Waals surface area contributed by atoms with Crippen molar-refractivity contribution in [1.82, 2.24) is 4.90 Å². The quantitative estimate of drug-likeness (QED) is 0.448. The first-order valence-electron chi connectivity index (χ1n) is 13.0. The highest BCUT2D eigenvalue weighted by Crippen LogP contribution is 2.61. The van der Waals surface area contributed by atoms with E-state index in [0.29, 0.717) is 30.3 Å². The molecule has 4 heterocycles. The zero-order valence-corrected chi connectivity index (χ0v) is 22.7. The number of esters is 1. The summed E-state index contributed by atoms with van der Waals surface area (Å²) in [7, 11) is 0. The summed E-state index contributed by atoms with van der Waals surface area (Å²) < 4.78 is 4.65. The largest absolute Gasteiger partial charge is 0.465 e. The number of likely N-dealkylation sites (tertiary alicyclic amines) is 1. The molecule has 1 unspecified atom stereocenters. The SMILES string of the molecule is CC(C)C[C@H](CO)N1C(=O)[C@@H]2[C@@H]3C(=O)OCCC/C=C\[C@@H]3S[C@@]23C=CCN(c2ccccc2Cl)C(=O)C13. The molecule has 6 atom stereocenters. The Labute approximate surface area is 226 Å². The van der Waals surface area contributed by atoms with Crippen LogP contribution in [0.2, 0.25) is 5.02 Å². The number of rotatable bonds is 5. The van der Waals surface area contributed by atoms with Crippen molar-refractivity contribution in [3.63, 3.8) is 0 Å². The van der Waals surface area contributed by atoms with E-state index in [9.17, 15) is 19.5 Å². The van der Waals surface area contributed by atoms with Gasteiger partial charge in [-0.3, -0.25) is 14.4 Å². The predicted octanol–water partition coefficient (Wildman–Crippen LogP) is 3.84. The highest BCUT2D eigenvalue weighted by atomic mass is 35.5. The molecular weight excluding hydrogens is 512 g/mol. The lowest BCUT2D eigenvalue weighted by atomic mass is 9.78. The van der Waals surface area contributed by atoms with Crippen LogP contribution in [0.5, 0.6) is 0 Å². The number of aliphatic hydroxyl groups is 1.